The first-order valence-electron chi connectivity index (χ1n) is 9.38. The molecule has 0 radical (unpaired) electrons. The van der Waals surface area contributed by atoms with Gasteiger partial charge in [0.25, 0.3) is 0 Å². The van der Waals surface area contributed by atoms with Crippen LogP contribution in [0.4, 0.5) is 0 Å². The molecule has 0 amide bonds. The first kappa shape index (κ1) is 21.7. The highest BCUT2D eigenvalue weighted by atomic mass is 16.5. The van der Waals surface area contributed by atoms with Gasteiger partial charge in [-0.25, -0.2) is 0 Å². The molecule has 2 rings (SSSR count). The van der Waals surface area contributed by atoms with Gasteiger partial charge in [0.1, 0.15) is 5.75 Å². The first-order chi connectivity index (χ1) is 13.3. The van der Waals surface area contributed by atoms with Crippen LogP contribution in [0.5, 0.6) is 5.75 Å². The van der Waals surface area contributed by atoms with Crippen LogP contribution in [-0.2, 0) is 20.8 Å². The Morgan fingerprint density at radius 1 is 1.04 bits per heavy atom. The predicted molar refractivity (Wildman–Crippen MR) is 107 cm³/mol. The lowest BCUT2D eigenvalue weighted by atomic mass is 10.1. The molecule has 0 bridgehead atoms. The second kappa shape index (κ2) is 10.1. The summed E-state index contributed by atoms with van der Waals surface area (Å²) >= 11 is 0. The van der Waals surface area contributed by atoms with E-state index in [0.717, 1.165) is 28.3 Å². The number of rotatable bonds is 10. The van der Waals surface area contributed by atoms with E-state index in [1.54, 1.807) is 7.11 Å². The van der Waals surface area contributed by atoms with Gasteiger partial charge in [0, 0.05) is 30.6 Å². The molecule has 2 aromatic rings. The number of carbonyl (C=O) groups is 2. The zero-order valence-corrected chi connectivity index (χ0v) is 17.3. The van der Waals surface area contributed by atoms with Gasteiger partial charge in [-0.05, 0) is 51.0 Å². The summed E-state index contributed by atoms with van der Waals surface area (Å²) in [5, 5.41) is 0. The van der Waals surface area contributed by atoms with Crippen LogP contribution in [0, 0.1) is 27.7 Å². The van der Waals surface area contributed by atoms with Crippen LogP contribution in [-0.4, -0.2) is 43.3 Å². The molecule has 0 N–H and O–H groups in total. The fraction of sp³-hybridized carbons (Fsp3) is 0.455. The summed E-state index contributed by atoms with van der Waals surface area (Å²) in [6, 6.07) is 7.74. The van der Waals surface area contributed by atoms with Crippen LogP contribution in [0.1, 0.15) is 39.3 Å². The van der Waals surface area contributed by atoms with Crippen molar-refractivity contribution in [2.75, 3.05) is 26.9 Å². The average Bonchev–Trinajstić information content (AvgIpc) is 2.94. The third-order valence-electron chi connectivity index (χ3n) is 4.66. The number of Topliss-reactive ketones (excluding diaryl/α,β-unsaturated/α-hetero) is 1. The minimum atomic E-state index is -0.452. The van der Waals surface area contributed by atoms with Crippen LogP contribution < -0.4 is 4.74 Å². The molecule has 0 saturated carbocycles. The molecule has 0 saturated heterocycles. The van der Waals surface area contributed by atoms with Crippen molar-refractivity contribution in [3.05, 3.63) is 52.3 Å². The largest absolute Gasteiger partial charge is 0.493 e. The number of aromatic nitrogens is 1. The van der Waals surface area contributed by atoms with Crippen LogP contribution in [0.25, 0.3) is 0 Å². The lowest BCUT2D eigenvalue weighted by molar-refractivity contribution is -0.143. The highest BCUT2D eigenvalue weighted by Crippen LogP contribution is 2.19. The normalized spacial score (nSPS) is 10.8. The molecule has 0 spiro atoms. The van der Waals surface area contributed by atoms with E-state index in [9.17, 15) is 9.59 Å². The monoisotopic (exact) mass is 387 g/mol. The minimum absolute atomic E-state index is 0.0908. The summed E-state index contributed by atoms with van der Waals surface area (Å²) in [5.74, 6) is 0.0970. The summed E-state index contributed by atoms with van der Waals surface area (Å²) < 4.78 is 17.9. The summed E-state index contributed by atoms with van der Waals surface area (Å²) in [4.78, 5) is 24.4. The highest BCUT2D eigenvalue weighted by Gasteiger charge is 2.17. The van der Waals surface area contributed by atoms with Gasteiger partial charge < -0.3 is 18.8 Å². The second-order valence-electron chi connectivity index (χ2n) is 6.88. The molecule has 0 aliphatic rings. The molecule has 0 fully saturated rings. The van der Waals surface area contributed by atoms with Crippen molar-refractivity contribution >= 4 is 11.8 Å². The van der Waals surface area contributed by atoms with Crippen molar-refractivity contribution in [1.82, 2.24) is 4.57 Å². The molecule has 0 atom stereocenters. The van der Waals surface area contributed by atoms with Crippen molar-refractivity contribution in [3.8, 4) is 5.75 Å². The molecule has 1 aromatic heterocycles. The van der Waals surface area contributed by atoms with Gasteiger partial charge in [0.05, 0.1) is 19.6 Å². The SMILES string of the molecule is COCCn1c(C)cc(C(=O)COC(=O)CCOc2cc(C)ccc2C)c1C. The molecule has 1 aromatic carbocycles. The number of methoxy groups -OCH3 is 1. The molecule has 152 valence electrons. The molecule has 0 aliphatic carbocycles. The average molecular weight is 387 g/mol. The topological polar surface area (TPSA) is 66.8 Å². The molecule has 6 nitrogen and oxygen atoms in total. The van der Waals surface area contributed by atoms with Crippen LogP contribution in [0.15, 0.2) is 24.3 Å². The maximum atomic E-state index is 12.4. The molecule has 28 heavy (non-hydrogen) atoms. The zero-order valence-electron chi connectivity index (χ0n) is 17.3. The lowest BCUT2D eigenvalue weighted by Crippen LogP contribution is -2.17. The lowest BCUT2D eigenvalue weighted by Gasteiger charge is -2.10. The van der Waals surface area contributed by atoms with Crippen molar-refractivity contribution in [3.63, 3.8) is 0 Å². The van der Waals surface area contributed by atoms with E-state index in [-0.39, 0.29) is 25.4 Å². The number of ether oxygens (including phenoxy) is 3. The predicted octanol–water partition coefficient (Wildman–Crippen LogP) is 3.56. The summed E-state index contributed by atoms with van der Waals surface area (Å²) in [6.07, 6.45) is 0.0908. The molecule has 1 heterocycles. The molecular weight excluding hydrogens is 358 g/mol. The van der Waals surface area contributed by atoms with Gasteiger partial charge in [-0.2, -0.15) is 0 Å². The van der Waals surface area contributed by atoms with Gasteiger partial charge in [-0.15, -0.1) is 0 Å². The van der Waals surface area contributed by atoms with E-state index in [4.69, 9.17) is 14.2 Å². The van der Waals surface area contributed by atoms with Crippen LogP contribution in [0.2, 0.25) is 0 Å². The van der Waals surface area contributed by atoms with Crippen molar-refractivity contribution in [1.29, 1.82) is 0 Å². The van der Waals surface area contributed by atoms with E-state index >= 15 is 0 Å². The summed E-state index contributed by atoms with van der Waals surface area (Å²) in [5.41, 5.74) is 4.52. The number of nitrogens with zero attached hydrogens (tertiary/aromatic N) is 1. The molecular formula is C22H29NO5. The number of aryl methyl sites for hydroxylation is 3. The summed E-state index contributed by atoms with van der Waals surface area (Å²) in [7, 11) is 1.64. The Hall–Kier alpha value is -2.60. The molecule has 0 aliphatic heterocycles. The van der Waals surface area contributed by atoms with Gasteiger partial charge >= 0.3 is 5.97 Å². The maximum Gasteiger partial charge on any atom is 0.309 e. The van der Waals surface area contributed by atoms with E-state index < -0.39 is 5.97 Å². The van der Waals surface area contributed by atoms with E-state index in [1.807, 2.05) is 56.5 Å². The Morgan fingerprint density at radius 3 is 2.50 bits per heavy atom. The number of hydrogen-bond acceptors (Lipinski definition) is 5. The van der Waals surface area contributed by atoms with Crippen molar-refractivity contribution in [2.24, 2.45) is 0 Å². The highest BCUT2D eigenvalue weighted by molar-refractivity contribution is 5.99. The Morgan fingerprint density at radius 2 is 1.79 bits per heavy atom. The van der Waals surface area contributed by atoms with E-state index in [1.165, 1.54) is 0 Å². The standard InChI is InChI=1S/C22H29NO5/c1-15-6-7-16(2)21(12-15)27-10-8-22(25)28-14-20(24)19-13-17(3)23(18(19)4)9-11-26-5/h6-7,12-13H,8-11,14H2,1-5H3. The Balaban J connectivity index is 1.82. The first-order valence-corrected chi connectivity index (χ1v) is 9.38. The molecule has 6 heteroatoms. The van der Waals surface area contributed by atoms with E-state index in [0.29, 0.717) is 18.7 Å². The number of benzene rings is 1. The summed E-state index contributed by atoms with van der Waals surface area (Å²) in [6.45, 7) is 8.95. The van der Waals surface area contributed by atoms with Gasteiger partial charge in [-0.3, -0.25) is 9.59 Å². The zero-order chi connectivity index (χ0) is 20.7. The second-order valence-corrected chi connectivity index (χ2v) is 6.88. The minimum Gasteiger partial charge on any atom is -0.493 e. The third-order valence-corrected chi connectivity index (χ3v) is 4.66. The number of ketones is 1. The maximum absolute atomic E-state index is 12.4. The smallest absolute Gasteiger partial charge is 0.309 e. The van der Waals surface area contributed by atoms with Gasteiger partial charge in [0.15, 0.2) is 6.61 Å². The number of esters is 1. The number of carbonyl (C=O) groups excluding carboxylic acids is 2. The Bertz CT molecular complexity index is 838. The van der Waals surface area contributed by atoms with Crippen molar-refractivity contribution in [2.45, 2.75) is 40.7 Å². The quantitative estimate of drug-likeness (QED) is 0.461. The van der Waals surface area contributed by atoms with Gasteiger partial charge in [-0.1, -0.05) is 12.1 Å². The Kier molecular flexibility index (Phi) is 7.81. The van der Waals surface area contributed by atoms with Crippen LogP contribution >= 0.6 is 0 Å². The number of hydrogen-bond donors (Lipinski definition) is 0. The van der Waals surface area contributed by atoms with Crippen LogP contribution in [0.3, 0.4) is 0 Å². The fourth-order valence-electron chi connectivity index (χ4n) is 3.01. The fourth-order valence-corrected chi connectivity index (χ4v) is 3.01. The third kappa shape index (κ3) is 5.70. The molecule has 0 unspecified atom stereocenters. The van der Waals surface area contributed by atoms with E-state index in [2.05, 4.69) is 0 Å². The van der Waals surface area contributed by atoms with Crippen molar-refractivity contribution < 1.29 is 23.8 Å². The van der Waals surface area contributed by atoms with Gasteiger partial charge in [0.2, 0.25) is 5.78 Å². The Labute approximate surface area is 166 Å².